The zero-order valence-electron chi connectivity index (χ0n) is 23.6. The Morgan fingerprint density at radius 1 is 1.12 bits per heavy atom. The number of carbonyl (C=O) groups is 1. The molecule has 3 saturated heterocycles. The number of nitriles is 1. The Labute approximate surface area is 240 Å². The monoisotopic (exact) mass is 580 g/mol. The van der Waals surface area contributed by atoms with E-state index in [4.69, 9.17) is 9.15 Å². The molecule has 220 valence electrons. The minimum absolute atomic E-state index is 0.0234. The molecule has 3 aliphatic heterocycles. The number of anilines is 1. The van der Waals surface area contributed by atoms with Crippen LogP contribution in [0.2, 0.25) is 0 Å². The summed E-state index contributed by atoms with van der Waals surface area (Å²) in [5.41, 5.74) is -2.54. The van der Waals surface area contributed by atoms with Gasteiger partial charge in [0.05, 0.1) is 16.5 Å². The number of amides is 1. The molecule has 4 fully saturated rings. The largest absolute Gasteiger partial charge is 0.444 e. The second-order valence-corrected chi connectivity index (χ2v) is 13.2. The van der Waals surface area contributed by atoms with Crippen LogP contribution in [-0.2, 0) is 10.2 Å². The molecule has 0 radical (unpaired) electrons. The van der Waals surface area contributed by atoms with Crippen molar-refractivity contribution in [2.45, 2.75) is 88.1 Å². The Hall–Kier alpha value is -3.88. The molecule has 12 heteroatoms. The number of piperidine rings is 2. The SMILES string of the molecule is CC(C)(C)OC(=O)N1C2CCC1CC(c1nnc([C@]34CN(c5ccc(C#N)c6ncccc56)C[C@@]3(C(F)(F)F)C4)o1)C2. The second-order valence-electron chi connectivity index (χ2n) is 13.2. The van der Waals surface area contributed by atoms with Crippen molar-refractivity contribution in [1.82, 2.24) is 20.1 Å². The molecule has 7 rings (SSSR count). The Morgan fingerprint density at radius 2 is 1.86 bits per heavy atom. The lowest BCUT2D eigenvalue weighted by Crippen LogP contribution is -2.48. The molecule has 4 atom stereocenters. The molecule has 3 aromatic rings. The van der Waals surface area contributed by atoms with Crippen molar-refractivity contribution in [2.75, 3.05) is 18.0 Å². The van der Waals surface area contributed by atoms with Gasteiger partial charge in [0.2, 0.25) is 11.8 Å². The molecule has 0 spiro atoms. The number of aromatic nitrogens is 3. The molecule has 4 aliphatic rings. The molecule has 1 aromatic carbocycles. The van der Waals surface area contributed by atoms with E-state index in [9.17, 15) is 23.2 Å². The second kappa shape index (κ2) is 8.82. The summed E-state index contributed by atoms with van der Waals surface area (Å²) in [6.07, 6.45) is -0.475. The van der Waals surface area contributed by atoms with E-state index < -0.39 is 22.6 Å². The molecule has 5 heterocycles. The van der Waals surface area contributed by atoms with Gasteiger partial charge in [-0.2, -0.15) is 18.4 Å². The van der Waals surface area contributed by atoms with Crippen LogP contribution in [0.15, 0.2) is 34.9 Å². The molecular weight excluding hydrogens is 549 g/mol. The number of alkyl halides is 3. The first-order valence-corrected chi connectivity index (χ1v) is 14.3. The average Bonchev–Trinajstić information content (AvgIpc) is 3.24. The Bertz CT molecular complexity index is 1610. The van der Waals surface area contributed by atoms with Crippen LogP contribution in [-0.4, -0.2) is 63.1 Å². The zero-order chi connectivity index (χ0) is 29.7. The van der Waals surface area contributed by atoms with Crippen molar-refractivity contribution in [1.29, 1.82) is 5.26 Å². The summed E-state index contributed by atoms with van der Waals surface area (Å²) in [6, 6.07) is 8.82. The predicted octanol–water partition coefficient (Wildman–Crippen LogP) is 5.85. The third-order valence-corrected chi connectivity index (χ3v) is 9.60. The van der Waals surface area contributed by atoms with Crippen LogP contribution in [0.4, 0.5) is 23.7 Å². The maximum atomic E-state index is 14.7. The van der Waals surface area contributed by atoms with E-state index >= 15 is 0 Å². The third kappa shape index (κ3) is 3.88. The van der Waals surface area contributed by atoms with Crippen LogP contribution in [0.25, 0.3) is 10.9 Å². The van der Waals surface area contributed by atoms with Gasteiger partial charge in [-0.1, -0.05) is 0 Å². The molecule has 0 N–H and O–H groups in total. The number of pyridine rings is 1. The predicted molar refractivity (Wildman–Crippen MR) is 145 cm³/mol. The first-order valence-electron chi connectivity index (χ1n) is 14.3. The fourth-order valence-corrected chi connectivity index (χ4v) is 7.68. The van der Waals surface area contributed by atoms with Crippen LogP contribution >= 0.6 is 0 Å². The molecule has 42 heavy (non-hydrogen) atoms. The van der Waals surface area contributed by atoms with Crippen molar-refractivity contribution < 1.29 is 27.1 Å². The number of hydrogen-bond donors (Lipinski definition) is 0. The Kier molecular flexibility index (Phi) is 5.66. The van der Waals surface area contributed by atoms with Crippen LogP contribution in [0, 0.1) is 16.7 Å². The molecule has 2 bridgehead atoms. The highest BCUT2D eigenvalue weighted by atomic mass is 19.4. The Morgan fingerprint density at radius 3 is 2.52 bits per heavy atom. The van der Waals surface area contributed by atoms with Gasteiger partial charge in [0.15, 0.2) is 0 Å². The van der Waals surface area contributed by atoms with Gasteiger partial charge in [-0.05, 0) is 77.1 Å². The summed E-state index contributed by atoms with van der Waals surface area (Å²) in [5, 5.41) is 18.6. The van der Waals surface area contributed by atoms with Crippen molar-refractivity contribution in [3.8, 4) is 6.07 Å². The molecule has 9 nitrogen and oxygen atoms in total. The molecular formula is C30H31F3N6O3. The fourth-order valence-electron chi connectivity index (χ4n) is 7.68. The third-order valence-electron chi connectivity index (χ3n) is 9.60. The summed E-state index contributed by atoms with van der Waals surface area (Å²) in [4.78, 5) is 20.7. The van der Waals surface area contributed by atoms with Crippen molar-refractivity contribution in [3.63, 3.8) is 0 Å². The standard InChI is InChI=1S/C30H31F3N6O3/c1-27(2,3)42-26(40)39-19-7-8-20(39)12-18(11-19)24-36-37-25(41-24)28-14-29(28,30(31,32)33)16-38(15-28)22-9-6-17(13-34)23-21(22)5-4-10-35-23/h4-6,9-10,18-20H,7-8,11-12,14-16H2,1-3H3/t18?,19?,20?,28-,29-/m0/s1. The maximum absolute atomic E-state index is 14.7. The highest BCUT2D eigenvalue weighted by Crippen LogP contribution is 2.75. The van der Waals surface area contributed by atoms with Crippen molar-refractivity contribution >= 4 is 22.7 Å². The van der Waals surface area contributed by atoms with E-state index in [1.165, 1.54) is 0 Å². The number of ether oxygens (including phenoxy) is 1. The molecule has 2 unspecified atom stereocenters. The summed E-state index contributed by atoms with van der Waals surface area (Å²) < 4.78 is 55.9. The van der Waals surface area contributed by atoms with Crippen LogP contribution in [0.5, 0.6) is 0 Å². The highest BCUT2D eigenvalue weighted by Gasteiger charge is 2.86. The van der Waals surface area contributed by atoms with Gasteiger partial charge in [0.1, 0.15) is 17.1 Å². The van der Waals surface area contributed by atoms with E-state index in [1.54, 1.807) is 35.4 Å². The first-order chi connectivity index (χ1) is 19.9. The fraction of sp³-hybridized carbons (Fsp3) is 0.567. The van der Waals surface area contributed by atoms with E-state index in [-0.39, 0.29) is 49.5 Å². The van der Waals surface area contributed by atoms with Crippen LogP contribution in [0.1, 0.15) is 76.1 Å². The lowest BCUT2D eigenvalue weighted by atomic mass is 9.91. The first kappa shape index (κ1) is 27.0. The lowest BCUT2D eigenvalue weighted by molar-refractivity contribution is -0.187. The van der Waals surface area contributed by atoms with Crippen LogP contribution in [0.3, 0.4) is 0 Å². The molecule has 1 saturated carbocycles. The number of fused-ring (bicyclic) bond motifs is 4. The van der Waals surface area contributed by atoms with E-state index in [0.717, 1.165) is 12.8 Å². The van der Waals surface area contributed by atoms with Gasteiger partial charge in [-0.3, -0.25) is 4.98 Å². The number of rotatable bonds is 3. The zero-order valence-corrected chi connectivity index (χ0v) is 23.6. The number of carbonyl (C=O) groups excluding carboxylic acids is 1. The number of halogens is 3. The normalized spacial score (nSPS) is 30.4. The van der Waals surface area contributed by atoms with Gasteiger partial charge in [-0.25, -0.2) is 4.79 Å². The minimum atomic E-state index is -4.48. The molecule has 2 aromatic heterocycles. The summed E-state index contributed by atoms with van der Waals surface area (Å²) in [7, 11) is 0. The number of hydrogen-bond acceptors (Lipinski definition) is 8. The molecule has 1 aliphatic carbocycles. The lowest BCUT2D eigenvalue weighted by Gasteiger charge is -2.38. The van der Waals surface area contributed by atoms with E-state index in [2.05, 4.69) is 21.3 Å². The average molecular weight is 581 g/mol. The summed E-state index contributed by atoms with van der Waals surface area (Å²) in [5.74, 6) is 0.230. The number of benzene rings is 1. The minimum Gasteiger partial charge on any atom is -0.444 e. The van der Waals surface area contributed by atoms with Gasteiger partial charge in [0, 0.05) is 48.4 Å². The van der Waals surface area contributed by atoms with Crippen LogP contribution < -0.4 is 4.90 Å². The summed E-state index contributed by atoms with van der Waals surface area (Å²) >= 11 is 0. The van der Waals surface area contributed by atoms with Gasteiger partial charge >= 0.3 is 12.3 Å². The number of nitrogens with zero attached hydrogens (tertiary/aromatic N) is 6. The van der Waals surface area contributed by atoms with E-state index in [1.807, 2.05) is 25.7 Å². The summed E-state index contributed by atoms with van der Waals surface area (Å²) in [6.45, 7) is 5.32. The van der Waals surface area contributed by atoms with Gasteiger partial charge in [0.25, 0.3) is 0 Å². The van der Waals surface area contributed by atoms with E-state index in [0.29, 0.717) is 40.9 Å². The smallest absolute Gasteiger partial charge is 0.410 e. The highest BCUT2D eigenvalue weighted by molar-refractivity contribution is 5.95. The van der Waals surface area contributed by atoms with Gasteiger partial charge < -0.3 is 19.0 Å². The topological polar surface area (TPSA) is 108 Å². The quantitative estimate of drug-likeness (QED) is 0.380. The Balaban J connectivity index is 1.16. The maximum Gasteiger partial charge on any atom is 0.410 e. The van der Waals surface area contributed by atoms with Gasteiger partial charge in [-0.15, -0.1) is 10.2 Å². The van der Waals surface area contributed by atoms with Crippen molar-refractivity contribution in [2.24, 2.45) is 5.41 Å². The molecule has 1 amide bonds. The van der Waals surface area contributed by atoms with Crippen molar-refractivity contribution in [3.05, 3.63) is 47.8 Å².